The third-order valence-corrected chi connectivity index (χ3v) is 3.21. The van der Waals surface area contributed by atoms with Crippen molar-refractivity contribution in [3.63, 3.8) is 0 Å². The van der Waals surface area contributed by atoms with E-state index < -0.39 is 13.0 Å². The molecular formula is C13H17NO3Si. The van der Waals surface area contributed by atoms with Gasteiger partial charge < -0.3 is 4.74 Å². The Morgan fingerprint density at radius 3 is 2.39 bits per heavy atom. The minimum atomic E-state index is -1.50. The highest BCUT2D eigenvalue weighted by atomic mass is 28.3. The maximum absolute atomic E-state index is 11.0. The van der Waals surface area contributed by atoms with E-state index >= 15 is 0 Å². The summed E-state index contributed by atoms with van der Waals surface area (Å²) < 4.78 is 5.15. The van der Waals surface area contributed by atoms with Gasteiger partial charge in [0.15, 0.2) is 0 Å². The van der Waals surface area contributed by atoms with Gasteiger partial charge in [0.2, 0.25) is 0 Å². The molecule has 1 rings (SSSR count). The molecule has 0 aromatic heterocycles. The molecule has 18 heavy (non-hydrogen) atoms. The number of nitrogens with zero attached hydrogens (tertiary/aromatic N) is 1. The van der Waals surface area contributed by atoms with Crippen molar-refractivity contribution in [2.45, 2.75) is 26.6 Å². The number of ether oxygens (including phenoxy) is 1. The third kappa shape index (κ3) is 3.60. The molecule has 1 aromatic carbocycles. The van der Waals surface area contributed by atoms with Crippen molar-refractivity contribution in [3.8, 4) is 17.2 Å². The Hall–Kier alpha value is -1.80. The zero-order valence-corrected chi connectivity index (χ0v) is 12.3. The van der Waals surface area contributed by atoms with Crippen LogP contribution in [0.3, 0.4) is 0 Å². The largest absolute Gasteiger partial charge is 0.496 e. The Morgan fingerprint density at radius 2 is 1.94 bits per heavy atom. The van der Waals surface area contributed by atoms with Crippen molar-refractivity contribution in [2.75, 3.05) is 7.11 Å². The summed E-state index contributed by atoms with van der Waals surface area (Å²) in [5.41, 5.74) is 4.40. The van der Waals surface area contributed by atoms with Gasteiger partial charge in [-0.1, -0.05) is 25.6 Å². The topological polar surface area (TPSA) is 52.4 Å². The van der Waals surface area contributed by atoms with Gasteiger partial charge in [-0.3, -0.25) is 10.1 Å². The molecule has 0 bridgehead atoms. The van der Waals surface area contributed by atoms with Gasteiger partial charge in [-0.15, -0.1) is 5.54 Å². The van der Waals surface area contributed by atoms with Crippen molar-refractivity contribution in [1.82, 2.24) is 0 Å². The Morgan fingerprint density at radius 1 is 1.33 bits per heavy atom. The second-order valence-electron chi connectivity index (χ2n) is 5.08. The number of benzene rings is 1. The fourth-order valence-electron chi connectivity index (χ4n) is 1.41. The zero-order chi connectivity index (χ0) is 13.9. The van der Waals surface area contributed by atoms with Gasteiger partial charge in [0.1, 0.15) is 13.8 Å². The van der Waals surface area contributed by atoms with Crippen molar-refractivity contribution in [1.29, 1.82) is 0 Å². The van der Waals surface area contributed by atoms with E-state index in [9.17, 15) is 10.1 Å². The van der Waals surface area contributed by atoms with E-state index in [-0.39, 0.29) is 5.69 Å². The van der Waals surface area contributed by atoms with E-state index in [1.807, 2.05) is 0 Å². The van der Waals surface area contributed by atoms with Crippen LogP contribution in [0.1, 0.15) is 11.1 Å². The molecule has 0 heterocycles. The predicted octanol–water partition coefficient (Wildman–Crippen LogP) is 3.14. The third-order valence-electron chi connectivity index (χ3n) is 2.33. The average molecular weight is 263 g/mol. The fraction of sp³-hybridized carbons (Fsp3) is 0.385. The normalized spacial score (nSPS) is 10.5. The average Bonchev–Trinajstić information content (AvgIpc) is 2.26. The van der Waals surface area contributed by atoms with Crippen LogP contribution in [-0.4, -0.2) is 20.1 Å². The van der Waals surface area contributed by atoms with Gasteiger partial charge in [-0.25, -0.2) is 0 Å². The lowest BCUT2D eigenvalue weighted by molar-refractivity contribution is -0.385. The smallest absolute Gasteiger partial charge is 0.277 e. The first-order valence-electron chi connectivity index (χ1n) is 5.61. The van der Waals surface area contributed by atoms with Crippen LogP contribution in [-0.2, 0) is 0 Å². The number of rotatable bonds is 2. The first-order chi connectivity index (χ1) is 8.24. The molecule has 0 aliphatic rings. The highest BCUT2D eigenvalue weighted by Gasteiger charge is 2.16. The van der Waals surface area contributed by atoms with Gasteiger partial charge in [-0.2, -0.15) is 0 Å². The molecule has 0 aliphatic carbocycles. The van der Waals surface area contributed by atoms with E-state index in [1.165, 1.54) is 13.2 Å². The molecule has 0 N–H and O–H groups in total. The highest BCUT2D eigenvalue weighted by molar-refractivity contribution is 6.83. The fourth-order valence-corrected chi connectivity index (χ4v) is 1.93. The van der Waals surface area contributed by atoms with Gasteiger partial charge in [0.25, 0.3) is 5.69 Å². The van der Waals surface area contributed by atoms with E-state index in [0.29, 0.717) is 16.9 Å². The molecule has 0 saturated heterocycles. The summed E-state index contributed by atoms with van der Waals surface area (Å²) in [6, 6.07) is 3.25. The summed E-state index contributed by atoms with van der Waals surface area (Å²) in [5.74, 6) is 3.51. The molecule has 0 amide bonds. The number of hydrogen-bond acceptors (Lipinski definition) is 3. The van der Waals surface area contributed by atoms with Crippen LogP contribution in [0.2, 0.25) is 19.6 Å². The van der Waals surface area contributed by atoms with Crippen LogP contribution in [0.25, 0.3) is 0 Å². The second kappa shape index (κ2) is 5.23. The lowest BCUT2D eigenvalue weighted by atomic mass is 10.1. The summed E-state index contributed by atoms with van der Waals surface area (Å²) in [6.07, 6.45) is 0. The molecule has 0 spiro atoms. The molecule has 4 nitrogen and oxygen atoms in total. The summed E-state index contributed by atoms with van der Waals surface area (Å²) in [5, 5.41) is 11.0. The standard InChI is InChI=1S/C13H17NO3Si/c1-10-12(14(15)16)8-11(9-13(10)17-2)6-7-18(3,4)5/h8-9H,1-5H3. The molecule has 0 unspecified atom stereocenters. The summed E-state index contributed by atoms with van der Waals surface area (Å²) in [4.78, 5) is 10.5. The van der Waals surface area contributed by atoms with Crippen LogP contribution in [0.5, 0.6) is 5.75 Å². The van der Waals surface area contributed by atoms with E-state index in [0.717, 1.165) is 0 Å². The minimum absolute atomic E-state index is 0.0502. The number of nitro benzene ring substituents is 1. The van der Waals surface area contributed by atoms with E-state index in [1.54, 1.807) is 13.0 Å². The lowest BCUT2D eigenvalue weighted by Gasteiger charge is -2.07. The van der Waals surface area contributed by atoms with Crippen LogP contribution in [0, 0.1) is 28.5 Å². The monoisotopic (exact) mass is 263 g/mol. The van der Waals surface area contributed by atoms with Crippen LogP contribution in [0.4, 0.5) is 5.69 Å². The van der Waals surface area contributed by atoms with Gasteiger partial charge in [0, 0.05) is 11.6 Å². The van der Waals surface area contributed by atoms with Crippen molar-refractivity contribution in [2.24, 2.45) is 0 Å². The number of nitro groups is 1. The Labute approximate surface area is 108 Å². The summed E-state index contributed by atoms with van der Waals surface area (Å²) in [7, 11) is 0.00422. The van der Waals surface area contributed by atoms with Crippen molar-refractivity contribution in [3.05, 3.63) is 33.4 Å². The van der Waals surface area contributed by atoms with Crippen LogP contribution < -0.4 is 4.74 Å². The van der Waals surface area contributed by atoms with Gasteiger partial charge in [0.05, 0.1) is 17.6 Å². The maximum Gasteiger partial charge on any atom is 0.277 e. The molecule has 96 valence electrons. The molecule has 0 atom stereocenters. The molecule has 5 heteroatoms. The number of methoxy groups -OCH3 is 1. The van der Waals surface area contributed by atoms with E-state index in [4.69, 9.17) is 4.74 Å². The van der Waals surface area contributed by atoms with Crippen LogP contribution in [0.15, 0.2) is 12.1 Å². The first-order valence-corrected chi connectivity index (χ1v) is 9.11. The molecular weight excluding hydrogens is 246 g/mol. The molecule has 0 radical (unpaired) electrons. The lowest BCUT2D eigenvalue weighted by Crippen LogP contribution is -2.16. The predicted molar refractivity (Wildman–Crippen MR) is 74.6 cm³/mol. The molecule has 1 aromatic rings. The van der Waals surface area contributed by atoms with Crippen molar-refractivity contribution < 1.29 is 9.66 Å². The summed E-state index contributed by atoms with van der Waals surface area (Å²) in [6.45, 7) is 8.05. The Kier molecular flexibility index (Phi) is 4.14. The second-order valence-corrected chi connectivity index (χ2v) is 9.83. The highest BCUT2D eigenvalue weighted by Crippen LogP contribution is 2.28. The quantitative estimate of drug-likeness (QED) is 0.356. The minimum Gasteiger partial charge on any atom is -0.496 e. The zero-order valence-electron chi connectivity index (χ0n) is 11.3. The SMILES string of the molecule is COc1cc(C#C[Si](C)(C)C)cc([N+](=O)[O-])c1C. The first kappa shape index (κ1) is 14.3. The Bertz CT molecular complexity index is 536. The maximum atomic E-state index is 11.0. The molecule has 0 saturated carbocycles. The van der Waals surface area contributed by atoms with Gasteiger partial charge in [-0.05, 0) is 13.0 Å². The number of hydrogen-bond donors (Lipinski definition) is 0. The Balaban J connectivity index is 3.34. The van der Waals surface area contributed by atoms with E-state index in [2.05, 4.69) is 31.1 Å². The van der Waals surface area contributed by atoms with Gasteiger partial charge >= 0.3 is 0 Å². The molecule has 0 fully saturated rings. The summed E-state index contributed by atoms with van der Waals surface area (Å²) >= 11 is 0. The van der Waals surface area contributed by atoms with Crippen molar-refractivity contribution >= 4 is 13.8 Å². The molecule has 0 aliphatic heterocycles. The van der Waals surface area contributed by atoms with Crippen LogP contribution >= 0.6 is 0 Å².